The minimum atomic E-state index is -0.826. The van der Waals surface area contributed by atoms with E-state index in [2.05, 4.69) is 10.1 Å². The summed E-state index contributed by atoms with van der Waals surface area (Å²) in [6.07, 6.45) is 1.44. The highest BCUT2D eigenvalue weighted by Crippen LogP contribution is 2.15. The van der Waals surface area contributed by atoms with Gasteiger partial charge in [0.05, 0.1) is 19.9 Å². The van der Waals surface area contributed by atoms with Gasteiger partial charge in [-0.2, -0.15) is 0 Å². The van der Waals surface area contributed by atoms with Crippen molar-refractivity contribution in [3.63, 3.8) is 0 Å². The second-order valence-corrected chi connectivity index (χ2v) is 4.94. The molecule has 0 amide bonds. The topological polar surface area (TPSA) is 77.8 Å². The fraction of sp³-hybridized carbons (Fsp3) is 0.538. The molecule has 0 radical (unpaired) electrons. The Balaban J connectivity index is 2.60. The molecule has 1 N–H and O–H groups in total. The molecule has 1 atom stereocenters. The van der Waals surface area contributed by atoms with E-state index in [0.29, 0.717) is 5.76 Å². The van der Waals surface area contributed by atoms with Gasteiger partial charge in [-0.1, -0.05) is 0 Å². The predicted molar refractivity (Wildman–Crippen MR) is 67.3 cm³/mol. The number of hydrogen-bond donors (Lipinski definition) is 1. The second-order valence-electron chi connectivity index (χ2n) is 4.94. The molecule has 0 aliphatic rings. The second kappa shape index (κ2) is 6.38. The number of methoxy groups -OCH3 is 1. The maximum atomic E-state index is 11.6. The van der Waals surface area contributed by atoms with Gasteiger partial charge in [0.25, 0.3) is 0 Å². The molecule has 1 aromatic rings. The highest BCUT2D eigenvalue weighted by Gasteiger charge is 2.25. The van der Waals surface area contributed by atoms with Crippen molar-refractivity contribution in [2.75, 3.05) is 13.7 Å². The summed E-state index contributed by atoms with van der Waals surface area (Å²) in [5.41, 5.74) is -0.565. The lowest BCUT2D eigenvalue weighted by molar-refractivity contribution is -0.154. The number of rotatable bonds is 5. The van der Waals surface area contributed by atoms with E-state index >= 15 is 0 Å². The quantitative estimate of drug-likeness (QED) is 0.815. The Morgan fingerprint density at radius 3 is 2.58 bits per heavy atom. The van der Waals surface area contributed by atoms with Crippen LogP contribution in [0.3, 0.4) is 0 Å². The average molecular weight is 269 g/mol. The summed E-state index contributed by atoms with van der Waals surface area (Å²) >= 11 is 0. The smallest absolute Gasteiger partial charge is 0.330 e. The molecule has 1 rings (SSSR count). The third kappa shape index (κ3) is 5.13. The van der Waals surface area contributed by atoms with Crippen molar-refractivity contribution in [3.05, 3.63) is 24.2 Å². The van der Waals surface area contributed by atoms with Gasteiger partial charge in [0.1, 0.15) is 11.4 Å². The number of carbonyl (C=O) groups is 2. The molecule has 6 heteroatoms. The number of ether oxygens (including phenoxy) is 2. The lowest BCUT2D eigenvalue weighted by atomic mass is 10.2. The van der Waals surface area contributed by atoms with Gasteiger partial charge in [0.2, 0.25) is 0 Å². The zero-order valence-electron chi connectivity index (χ0n) is 11.6. The molecule has 6 nitrogen and oxygen atoms in total. The molecule has 1 unspecified atom stereocenters. The van der Waals surface area contributed by atoms with Crippen molar-refractivity contribution in [2.24, 2.45) is 0 Å². The van der Waals surface area contributed by atoms with Crippen molar-refractivity contribution in [3.8, 4) is 0 Å². The summed E-state index contributed by atoms with van der Waals surface area (Å²) in [5.74, 6) is -0.595. The van der Waals surface area contributed by atoms with Crippen molar-refractivity contribution in [1.29, 1.82) is 0 Å². The van der Waals surface area contributed by atoms with Crippen LogP contribution in [-0.2, 0) is 19.1 Å². The van der Waals surface area contributed by atoms with E-state index in [1.54, 1.807) is 32.9 Å². The number of nitrogens with one attached hydrogen (secondary N) is 1. The number of furan rings is 1. The van der Waals surface area contributed by atoms with E-state index in [9.17, 15) is 9.59 Å². The van der Waals surface area contributed by atoms with Crippen LogP contribution >= 0.6 is 0 Å². The molecule has 0 aliphatic carbocycles. The van der Waals surface area contributed by atoms with Gasteiger partial charge in [-0.25, -0.2) is 4.79 Å². The van der Waals surface area contributed by atoms with Crippen LogP contribution in [0, 0.1) is 0 Å². The summed E-state index contributed by atoms with van der Waals surface area (Å²) in [7, 11) is 1.27. The van der Waals surface area contributed by atoms with Gasteiger partial charge in [0.15, 0.2) is 6.04 Å². The highest BCUT2D eigenvalue weighted by atomic mass is 16.6. The lowest BCUT2D eigenvalue weighted by Crippen LogP contribution is -2.36. The lowest BCUT2D eigenvalue weighted by Gasteiger charge is -2.20. The Labute approximate surface area is 112 Å². The Morgan fingerprint density at radius 2 is 2.11 bits per heavy atom. The molecular formula is C13H19NO5. The largest absolute Gasteiger partial charge is 0.468 e. The van der Waals surface area contributed by atoms with Gasteiger partial charge < -0.3 is 13.9 Å². The molecule has 0 aromatic carbocycles. The van der Waals surface area contributed by atoms with Crippen LogP contribution in [0.4, 0.5) is 0 Å². The normalized spacial score (nSPS) is 12.8. The zero-order chi connectivity index (χ0) is 14.5. The van der Waals surface area contributed by atoms with Gasteiger partial charge in [0, 0.05) is 0 Å². The van der Waals surface area contributed by atoms with E-state index in [0.717, 1.165) is 0 Å². The fourth-order valence-corrected chi connectivity index (χ4v) is 1.44. The molecule has 1 aromatic heterocycles. The van der Waals surface area contributed by atoms with Crippen molar-refractivity contribution in [2.45, 2.75) is 32.4 Å². The van der Waals surface area contributed by atoms with Crippen molar-refractivity contribution in [1.82, 2.24) is 5.32 Å². The molecule has 19 heavy (non-hydrogen) atoms. The predicted octanol–water partition coefficient (Wildman–Crippen LogP) is 1.42. The molecule has 0 saturated carbocycles. The number of carbonyl (C=O) groups excluding carboxylic acids is 2. The van der Waals surface area contributed by atoms with Gasteiger partial charge in [-0.3, -0.25) is 10.1 Å². The van der Waals surface area contributed by atoms with Gasteiger partial charge >= 0.3 is 11.9 Å². The van der Waals surface area contributed by atoms with Crippen LogP contribution in [0.1, 0.15) is 32.6 Å². The zero-order valence-corrected chi connectivity index (χ0v) is 11.6. The Bertz CT molecular complexity index is 419. The molecule has 1 heterocycles. The molecule has 0 spiro atoms. The van der Waals surface area contributed by atoms with Crippen LogP contribution in [0.15, 0.2) is 22.8 Å². The maximum Gasteiger partial charge on any atom is 0.330 e. The SMILES string of the molecule is COC(=O)C(NCC(=O)OC(C)(C)C)c1ccco1. The molecule has 0 aliphatic heterocycles. The van der Waals surface area contributed by atoms with Crippen LogP contribution in [0.25, 0.3) is 0 Å². The molecule has 106 valence electrons. The third-order valence-electron chi connectivity index (χ3n) is 2.14. The van der Waals surface area contributed by atoms with E-state index in [1.165, 1.54) is 13.4 Å². The first kappa shape index (κ1) is 15.2. The third-order valence-corrected chi connectivity index (χ3v) is 2.14. The first-order chi connectivity index (χ1) is 8.83. The first-order valence-electron chi connectivity index (χ1n) is 5.90. The standard InChI is InChI=1S/C13H19NO5/c1-13(2,3)19-10(15)8-14-11(12(16)17-4)9-6-5-7-18-9/h5-7,11,14H,8H2,1-4H3. The summed E-state index contributed by atoms with van der Waals surface area (Å²) in [6.45, 7) is 5.21. The van der Waals surface area contributed by atoms with Crippen molar-refractivity contribution < 1.29 is 23.5 Å². The average Bonchev–Trinajstić information content (AvgIpc) is 2.80. The van der Waals surface area contributed by atoms with E-state index in [1.807, 2.05) is 0 Å². The van der Waals surface area contributed by atoms with Gasteiger partial charge in [-0.05, 0) is 32.9 Å². The van der Waals surface area contributed by atoms with E-state index < -0.39 is 23.6 Å². The van der Waals surface area contributed by atoms with E-state index in [4.69, 9.17) is 9.15 Å². The molecule has 0 saturated heterocycles. The van der Waals surface area contributed by atoms with Gasteiger partial charge in [-0.15, -0.1) is 0 Å². The number of esters is 2. The monoisotopic (exact) mass is 269 g/mol. The molecule has 0 bridgehead atoms. The minimum absolute atomic E-state index is 0.113. The molecule has 0 fully saturated rings. The summed E-state index contributed by atoms with van der Waals surface area (Å²) in [5, 5.41) is 2.75. The minimum Gasteiger partial charge on any atom is -0.468 e. The summed E-state index contributed by atoms with van der Waals surface area (Å²) in [6, 6.07) is 2.46. The Morgan fingerprint density at radius 1 is 1.42 bits per heavy atom. The maximum absolute atomic E-state index is 11.6. The first-order valence-corrected chi connectivity index (χ1v) is 5.90. The van der Waals surface area contributed by atoms with E-state index in [-0.39, 0.29) is 6.54 Å². The van der Waals surface area contributed by atoms with Crippen LogP contribution in [0.2, 0.25) is 0 Å². The van der Waals surface area contributed by atoms with Crippen LogP contribution in [0.5, 0.6) is 0 Å². The van der Waals surface area contributed by atoms with Crippen LogP contribution in [-0.4, -0.2) is 31.2 Å². The Hall–Kier alpha value is -1.82. The van der Waals surface area contributed by atoms with Crippen LogP contribution < -0.4 is 5.32 Å². The number of hydrogen-bond acceptors (Lipinski definition) is 6. The Kier molecular flexibility index (Phi) is 5.11. The fourth-order valence-electron chi connectivity index (χ4n) is 1.44. The van der Waals surface area contributed by atoms with Crippen molar-refractivity contribution >= 4 is 11.9 Å². The summed E-state index contributed by atoms with van der Waals surface area (Å²) in [4.78, 5) is 23.2. The highest BCUT2D eigenvalue weighted by molar-refractivity contribution is 5.78. The molecular weight excluding hydrogens is 250 g/mol. The summed E-state index contributed by atoms with van der Waals surface area (Å²) < 4.78 is 14.9.